The van der Waals surface area contributed by atoms with Gasteiger partial charge >= 0.3 is 0 Å². The maximum atomic E-state index is 11.3. The number of ketones is 1. The number of halogens is 1. The van der Waals surface area contributed by atoms with E-state index >= 15 is 0 Å². The molecular formula is C7H8ClNOS. The molecule has 0 spiro atoms. The predicted octanol–water partition coefficient (Wildman–Crippen LogP) is 2.64. The molecule has 0 aliphatic carbocycles. The van der Waals surface area contributed by atoms with Crippen LogP contribution in [0.2, 0.25) is 5.15 Å². The van der Waals surface area contributed by atoms with Crippen molar-refractivity contribution in [1.82, 2.24) is 4.98 Å². The highest BCUT2D eigenvalue weighted by molar-refractivity contribution is 7.12. The normalized spacial score (nSPS) is 10.5. The average Bonchev–Trinajstić information content (AvgIpc) is 2.33. The van der Waals surface area contributed by atoms with Crippen LogP contribution >= 0.6 is 22.9 Å². The van der Waals surface area contributed by atoms with Gasteiger partial charge in [-0.2, -0.15) is 0 Å². The molecule has 0 aliphatic rings. The predicted molar refractivity (Wildman–Crippen MR) is 46.3 cm³/mol. The fraction of sp³-hybridized carbons (Fsp3) is 0.429. The van der Waals surface area contributed by atoms with Gasteiger partial charge in [-0.1, -0.05) is 25.4 Å². The molecule has 0 aromatic carbocycles. The second-order valence-corrected chi connectivity index (χ2v) is 3.70. The summed E-state index contributed by atoms with van der Waals surface area (Å²) < 4.78 is 0. The highest BCUT2D eigenvalue weighted by atomic mass is 35.5. The van der Waals surface area contributed by atoms with Gasteiger partial charge in [-0.05, 0) is 0 Å². The van der Waals surface area contributed by atoms with E-state index in [1.165, 1.54) is 11.3 Å². The minimum Gasteiger partial charge on any atom is -0.293 e. The summed E-state index contributed by atoms with van der Waals surface area (Å²) in [5.74, 6) is 0.0606. The van der Waals surface area contributed by atoms with Crippen LogP contribution in [0.15, 0.2) is 5.51 Å². The van der Waals surface area contributed by atoms with Gasteiger partial charge in [0, 0.05) is 5.92 Å². The number of Topliss-reactive ketones (excluding diaryl/α,β-unsaturated/α-hetero) is 1. The molecule has 0 N–H and O–H groups in total. The van der Waals surface area contributed by atoms with Crippen LogP contribution in [0.3, 0.4) is 0 Å². The highest BCUT2D eigenvalue weighted by Gasteiger charge is 2.15. The van der Waals surface area contributed by atoms with E-state index in [9.17, 15) is 4.79 Å². The number of carbonyl (C=O) groups is 1. The van der Waals surface area contributed by atoms with Gasteiger partial charge < -0.3 is 0 Å². The summed E-state index contributed by atoms with van der Waals surface area (Å²) >= 11 is 6.95. The molecule has 0 fully saturated rings. The largest absolute Gasteiger partial charge is 0.293 e. The van der Waals surface area contributed by atoms with Crippen LogP contribution in [0.25, 0.3) is 0 Å². The van der Waals surface area contributed by atoms with Gasteiger partial charge in [-0.25, -0.2) is 4.98 Å². The Balaban J connectivity index is 2.93. The van der Waals surface area contributed by atoms with Crippen molar-refractivity contribution < 1.29 is 4.79 Å². The summed E-state index contributed by atoms with van der Waals surface area (Å²) in [6.45, 7) is 3.69. The third-order valence-electron chi connectivity index (χ3n) is 1.27. The van der Waals surface area contributed by atoms with Crippen molar-refractivity contribution in [3.63, 3.8) is 0 Å². The molecule has 1 aromatic heterocycles. The van der Waals surface area contributed by atoms with Gasteiger partial charge in [0.2, 0.25) is 0 Å². The molecule has 2 nitrogen and oxygen atoms in total. The smallest absolute Gasteiger partial charge is 0.178 e. The van der Waals surface area contributed by atoms with E-state index < -0.39 is 0 Å². The average molecular weight is 190 g/mol. The van der Waals surface area contributed by atoms with Crippen LogP contribution in [0.5, 0.6) is 0 Å². The number of hydrogen-bond acceptors (Lipinski definition) is 3. The molecule has 0 saturated carbocycles. The third kappa shape index (κ3) is 1.79. The first kappa shape index (κ1) is 8.68. The molecule has 1 aromatic rings. The van der Waals surface area contributed by atoms with Crippen molar-refractivity contribution in [2.24, 2.45) is 5.92 Å². The second-order valence-electron chi connectivity index (χ2n) is 2.49. The Labute approximate surface area is 74.2 Å². The first-order valence-corrected chi connectivity index (χ1v) is 4.52. The zero-order valence-corrected chi connectivity index (χ0v) is 7.87. The Bertz CT molecular complexity index is 269. The standard InChI is InChI=1S/C7H8ClNOS/c1-4(2)5(10)6-7(8)9-3-11-6/h3-4H,1-2H3. The summed E-state index contributed by atoms with van der Waals surface area (Å²) in [4.78, 5) is 15.7. The van der Waals surface area contributed by atoms with Crippen molar-refractivity contribution in [3.8, 4) is 0 Å². The molecule has 4 heteroatoms. The summed E-state index contributed by atoms with van der Waals surface area (Å²) in [5.41, 5.74) is 1.58. The molecule has 0 unspecified atom stereocenters. The Hall–Kier alpha value is -0.410. The monoisotopic (exact) mass is 189 g/mol. The van der Waals surface area contributed by atoms with Crippen LogP contribution in [0, 0.1) is 5.92 Å². The van der Waals surface area contributed by atoms with E-state index in [1.54, 1.807) is 5.51 Å². The fourth-order valence-electron chi connectivity index (χ4n) is 0.655. The maximum Gasteiger partial charge on any atom is 0.178 e. The van der Waals surface area contributed by atoms with Gasteiger partial charge in [0.25, 0.3) is 0 Å². The van der Waals surface area contributed by atoms with E-state index in [0.717, 1.165) is 0 Å². The van der Waals surface area contributed by atoms with Gasteiger partial charge in [0.1, 0.15) is 4.88 Å². The van der Waals surface area contributed by atoms with Crippen LogP contribution in [0.1, 0.15) is 23.5 Å². The minimum absolute atomic E-state index is 0.00653. The van der Waals surface area contributed by atoms with Gasteiger partial charge in [-0.15, -0.1) is 11.3 Å². The first-order chi connectivity index (χ1) is 5.13. The van der Waals surface area contributed by atoms with Crippen molar-refractivity contribution in [3.05, 3.63) is 15.5 Å². The Morgan fingerprint density at radius 2 is 2.36 bits per heavy atom. The summed E-state index contributed by atoms with van der Waals surface area (Å²) in [5, 5.41) is 0.328. The summed E-state index contributed by atoms with van der Waals surface area (Å²) in [7, 11) is 0. The molecule has 60 valence electrons. The number of hydrogen-bond donors (Lipinski definition) is 0. The Kier molecular flexibility index (Phi) is 2.62. The van der Waals surface area contributed by atoms with Crippen LogP contribution in [0.4, 0.5) is 0 Å². The molecule has 0 amide bonds. The lowest BCUT2D eigenvalue weighted by Crippen LogP contribution is -2.05. The third-order valence-corrected chi connectivity index (χ3v) is 2.51. The van der Waals surface area contributed by atoms with Crippen LogP contribution < -0.4 is 0 Å². The van der Waals surface area contributed by atoms with E-state index in [-0.39, 0.29) is 11.7 Å². The van der Waals surface area contributed by atoms with Crippen molar-refractivity contribution in [2.75, 3.05) is 0 Å². The number of aromatic nitrogens is 1. The van der Waals surface area contributed by atoms with E-state index in [2.05, 4.69) is 4.98 Å². The van der Waals surface area contributed by atoms with Gasteiger partial charge in [0.05, 0.1) is 5.51 Å². The molecule has 11 heavy (non-hydrogen) atoms. The van der Waals surface area contributed by atoms with Crippen LogP contribution in [-0.4, -0.2) is 10.8 Å². The molecule has 0 aliphatic heterocycles. The second kappa shape index (κ2) is 3.32. The minimum atomic E-state index is -0.00653. The number of carbonyl (C=O) groups excluding carboxylic acids is 1. The maximum absolute atomic E-state index is 11.3. The molecule has 1 heterocycles. The molecule has 0 radical (unpaired) electrons. The quantitative estimate of drug-likeness (QED) is 0.670. The number of thiazole rings is 1. The zero-order chi connectivity index (χ0) is 8.43. The molecule has 1 rings (SSSR count). The van der Waals surface area contributed by atoms with Crippen molar-refractivity contribution in [1.29, 1.82) is 0 Å². The highest BCUT2D eigenvalue weighted by Crippen LogP contribution is 2.21. The van der Waals surface area contributed by atoms with Crippen molar-refractivity contribution >= 4 is 28.7 Å². The van der Waals surface area contributed by atoms with E-state index in [1.807, 2.05) is 13.8 Å². The van der Waals surface area contributed by atoms with Gasteiger partial charge in [0.15, 0.2) is 10.9 Å². The lowest BCUT2D eigenvalue weighted by molar-refractivity contribution is 0.0943. The fourth-order valence-corrected chi connectivity index (χ4v) is 1.75. The number of rotatable bonds is 2. The lowest BCUT2D eigenvalue weighted by Gasteiger charge is -1.99. The topological polar surface area (TPSA) is 30.0 Å². The zero-order valence-electron chi connectivity index (χ0n) is 6.30. The molecule has 0 bridgehead atoms. The Morgan fingerprint density at radius 3 is 2.73 bits per heavy atom. The first-order valence-electron chi connectivity index (χ1n) is 3.26. The Morgan fingerprint density at radius 1 is 1.73 bits per heavy atom. The summed E-state index contributed by atoms with van der Waals surface area (Å²) in [6.07, 6.45) is 0. The van der Waals surface area contributed by atoms with Crippen LogP contribution in [-0.2, 0) is 0 Å². The lowest BCUT2D eigenvalue weighted by atomic mass is 10.1. The molecule has 0 atom stereocenters. The molecule has 0 saturated heterocycles. The van der Waals surface area contributed by atoms with E-state index in [0.29, 0.717) is 10.0 Å². The van der Waals surface area contributed by atoms with Gasteiger partial charge in [-0.3, -0.25) is 4.79 Å². The molecular weight excluding hydrogens is 182 g/mol. The van der Waals surface area contributed by atoms with E-state index in [4.69, 9.17) is 11.6 Å². The van der Waals surface area contributed by atoms with Crippen molar-refractivity contribution in [2.45, 2.75) is 13.8 Å². The summed E-state index contributed by atoms with van der Waals surface area (Å²) in [6, 6.07) is 0. The SMILES string of the molecule is CC(C)C(=O)c1scnc1Cl. The number of nitrogens with zero attached hydrogens (tertiary/aromatic N) is 1.